The van der Waals surface area contributed by atoms with Crippen LogP contribution in [0, 0.1) is 3.70 Å². The smallest absolute Gasteiger partial charge is 0.337 e. The van der Waals surface area contributed by atoms with Gasteiger partial charge < -0.3 is 33.6 Å². The molecule has 3 aromatic heterocycles. The fraction of sp³-hybridized carbons (Fsp3) is 0.290. The Morgan fingerprint density at radius 3 is 2.27 bits per heavy atom. The maximum absolute atomic E-state index is 11.5. The molecule has 0 atom stereocenters. The normalized spacial score (nSPS) is 13.3. The van der Waals surface area contributed by atoms with E-state index < -0.39 is 6.29 Å². The molecule has 13 heteroatoms. The van der Waals surface area contributed by atoms with E-state index in [4.69, 9.17) is 19.2 Å². The second-order valence-electron chi connectivity index (χ2n) is 10.5. The van der Waals surface area contributed by atoms with Crippen LogP contribution in [0.25, 0.3) is 34.2 Å². The Balaban J connectivity index is 0.000000162. The zero-order chi connectivity index (χ0) is 31.0. The third kappa shape index (κ3) is 5.81. The molecule has 2 aliphatic heterocycles. The Hall–Kier alpha value is -4.21. The van der Waals surface area contributed by atoms with Crippen molar-refractivity contribution < 1.29 is 29.2 Å². The van der Waals surface area contributed by atoms with Gasteiger partial charge in [-0.2, -0.15) is 5.10 Å². The van der Waals surface area contributed by atoms with Crippen molar-refractivity contribution in [3.8, 4) is 45.7 Å². The summed E-state index contributed by atoms with van der Waals surface area (Å²) in [5, 5.41) is 23.1. The molecule has 0 unspecified atom stereocenters. The Bertz CT molecular complexity index is 1820. The van der Waals surface area contributed by atoms with Crippen LogP contribution in [0.1, 0.15) is 42.1 Å². The third-order valence-corrected chi connectivity index (χ3v) is 7.83. The number of ether oxygens (including phenoxy) is 3. The van der Waals surface area contributed by atoms with Crippen LogP contribution < -0.4 is 9.47 Å². The first-order valence-corrected chi connectivity index (χ1v) is 15.1. The molecule has 0 amide bonds. The summed E-state index contributed by atoms with van der Waals surface area (Å²) in [5.74, 6) is 2.59. The number of methoxy groups -OCH3 is 1. The Kier molecular flexibility index (Phi) is 8.42. The lowest BCUT2D eigenvalue weighted by atomic mass is 10.1. The SMILES string of the molecule is CC(C)n1nccc1-c1cn2c(n1)-c1ccc(C(O)O)cc1OCC2.COC(=O)c1ccc2c(c1)OCCn1cc(I)nc1-2. The highest BCUT2D eigenvalue weighted by Crippen LogP contribution is 2.36. The summed E-state index contributed by atoms with van der Waals surface area (Å²) in [4.78, 5) is 20.8. The van der Waals surface area contributed by atoms with Gasteiger partial charge in [-0.3, -0.25) is 4.68 Å². The highest BCUT2D eigenvalue weighted by Gasteiger charge is 2.22. The first kappa shape index (κ1) is 29.8. The number of halogens is 1. The van der Waals surface area contributed by atoms with Crippen LogP contribution in [0.15, 0.2) is 61.1 Å². The number of rotatable bonds is 4. The number of hydrogen-bond acceptors (Lipinski definition) is 9. The molecule has 0 fully saturated rings. The largest absolute Gasteiger partial charge is 0.491 e. The maximum atomic E-state index is 11.5. The summed E-state index contributed by atoms with van der Waals surface area (Å²) in [6, 6.07) is 12.6. The standard InChI is InChI=1S/C18H20N4O3.C13H11IN2O3/c1-11(2)22-15(5-6-19-22)14-10-21-7-8-25-16-9-12(18(23)24)3-4-13(16)17(21)20-14;1-18-13(17)8-2-3-9-10(6-8)19-5-4-16-7-11(14)15-12(9)16/h3-6,9-11,18,23-24H,7-8H2,1-2H3;2-3,6-7H,4-5H2,1H3. The molecular weight excluding hydrogens is 679 g/mol. The Morgan fingerprint density at radius 2 is 1.59 bits per heavy atom. The van der Waals surface area contributed by atoms with E-state index in [9.17, 15) is 15.0 Å². The van der Waals surface area contributed by atoms with Crippen molar-refractivity contribution in [1.29, 1.82) is 0 Å². The van der Waals surface area contributed by atoms with Gasteiger partial charge in [0.1, 0.15) is 45.8 Å². The number of esters is 1. The second-order valence-corrected chi connectivity index (χ2v) is 11.6. The highest BCUT2D eigenvalue weighted by atomic mass is 127. The van der Waals surface area contributed by atoms with E-state index in [-0.39, 0.29) is 12.0 Å². The van der Waals surface area contributed by atoms with Crippen molar-refractivity contribution >= 4 is 28.6 Å². The van der Waals surface area contributed by atoms with Crippen molar-refractivity contribution in [3.05, 3.63) is 75.9 Å². The lowest BCUT2D eigenvalue weighted by Gasteiger charge is -2.10. The van der Waals surface area contributed by atoms with Crippen molar-refractivity contribution in [2.45, 2.75) is 39.3 Å². The van der Waals surface area contributed by atoms with Gasteiger partial charge in [0.15, 0.2) is 6.29 Å². The van der Waals surface area contributed by atoms with Gasteiger partial charge in [-0.05, 0) is 72.8 Å². The molecule has 0 bridgehead atoms. The van der Waals surface area contributed by atoms with Crippen LogP contribution in [0.5, 0.6) is 11.5 Å². The Labute approximate surface area is 267 Å². The molecule has 0 radical (unpaired) electrons. The first-order chi connectivity index (χ1) is 21.2. The van der Waals surface area contributed by atoms with Gasteiger partial charge >= 0.3 is 5.97 Å². The number of aliphatic hydroxyl groups excluding tert-OH is 1. The second kappa shape index (κ2) is 12.4. The molecule has 2 aromatic carbocycles. The van der Waals surface area contributed by atoms with Crippen LogP contribution in [-0.2, 0) is 17.8 Å². The zero-order valence-corrected chi connectivity index (χ0v) is 26.5. The van der Waals surface area contributed by atoms with Gasteiger partial charge in [-0.15, -0.1) is 0 Å². The minimum atomic E-state index is -1.52. The summed E-state index contributed by atoms with van der Waals surface area (Å²) in [5.41, 5.74) is 4.45. The lowest BCUT2D eigenvalue weighted by Crippen LogP contribution is -2.05. The van der Waals surface area contributed by atoms with Gasteiger partial charge in [0, 0.05) is 30.2 Å². The monoisotopic (exact) mass is 710 g/mol. The van der Waals surface area contributed by atoms with E-state index in [1.54, 1.807) is 30.5 Å². The van der Waals surface area contributed by atoms with E-state index in [1.165, 1.54) is 7.11 Å². The molecule has 12 nitrogen and oxygen atoms in total. The van der Waals surface area contributed by atoms with Crippen LogP contribution in [-0.4, -0.2) is 65.4 Å². The molecule has 2 aliphatic rings. The summed E-state index contributed by atoms with van der Waals surface area (Å²) in [7, 11) is 1.37. The number of benzene rings is 2. The molecule has 7 rings (SSSR count). The molecule has 0 aliphatic carbocycles. The quantitative estimate of drug-likeness (QED) is 0.154. The molecular formula is C31H31IN6O6. The number of carbonyl (C=O) groups excluding carboxylic acids is 1. The molecule has 0 spiro atoms. The molecule has 44 heavy (non-hydrogen) atoms. The first-order valence-electron chi connectivity index (χ1n) is 14.1. The highest BCUT2D eigenvalue weighted by molar-refractivity contribution is 14.1. The number of aliphatic hydroxyl groups is 2. The number of fused-ring (bicyclic) bond motifs is 6. The third-order valence-electron chi connectivity index (χ3n) is 7.31. The van der Waals surface area contributed by atoms with E-state index in [0.717, 1.165) is 44.4 Å². The summed E-state index contributed by atoms with van der Waals surface area (Å²) in [6.07, 6.45) is 4.26. The Morgan fingerprint density at radius 1 is 0.932 bits per heavy atom. The predicted octanol–water partition coefficient (Wildman–Crippen LogP) is 4.70. The maximum Gasteiger partial charge on any atom is 0.337 e. The van der Waals surface area contributed by atoms with Crippen molar-refractivity contribution in [2.24, 2.45) is 0 Å². The van der Waals surface area contributed by atoms with Crippen molar-refractivity contribution in [2.75, 3.05) is 20.3 Å². The average molecular weight is 711 g/mol. The van der Waals surface area contributed by atoms with E-state index >= 15 is 0 Å². The van der Waals surface area contributed by atoms with Crippen molar-refractivity contribution in [3.63, 3.8) is 0 Å². The van der Waals surface area contributed by atoms with Crippen LogP contribution in [0.4, 0.5) is 0 Å². The van der Waals surface area contributed by atoms with Gasteiger partial charge in [0.05, 0.1) is 42.6 Å². The van der Waals surface area contributed by atoms with Gasteiger partial charge in [0.25, 0.3) is 0 Å². The summed E-state index contributed by atoms with van der Waals surface area (Å²) in [6.45, 7) is 6.63. The lowest BCUT2D eigenvalue weighted by molar-refractivity contribution is -0.0426. The minimum Gasteiger partial charge on any atom is -0.491 e. The number of hydrogen-bond donors (Lipinski definition) is 2. The fourth-order valence-electron chi connectivity index (χ4n) is 5.21. The molecule has 228 valence electrons. The van der Waals surface area contributed by atoms with Gasteiger partial charge in [0.2, 0.25) is 0 Å². The molecule has 0 saturated carbocycles. The summed E-state index contributed by atoms with van der Waals surface area (Å²) < 4.78 is 23.2. The van der Waals surface area contributed by atoms with Crippen LogP contribution in [0.2, 0.25) is 0 Å². The number of aromatic nitrogens is 6. The average Bonchev–Trinajstić information content (AvgIpc) is 3.71. The fourth-order valence-corrected chi connectivity index (χ4v) is 5.77. The molecule has 2 N–H and O–H groups in total. The van der Waals surface area contributed by atoms with Gasteiger partial charge in [-0.25, -0.2) is 14.8 Å². The van der Waals surface area contributed by atoms with Crippen molar-refractivity contribution in [1.82, 2.24) is 28.9 Å². The zero-order valence-electron chi connectivity index (χ0n) is 24.3. The topological polar surface area (TPSA) is 139 Å². The predicted molar refractivity (Wildman–Crippen MR) is 169 cm³/mol. The number of carbonyl (C=O) groups is 1. The molecule has 0 saturated heterocycles. The van der Waals surface area contributed by atoms with E-state index in [0.29, 0.717) is 42.4 Å². The minimum absolute atomic E-state index is 0.246. The molecule has 5 heterocycles. The number of nitrogens with zero attached hydrogens (tertiary/aromatic N) is 6. The molecule has 5 aromatic rings. The summed E-state index contributed by atoms with van der Waals surface area (Å²) >= 11 is 2.19. The van der Waals surface area contributed by atoms with Crippen LogP contribution in [0.3, 0.4) is 0 Å². The van der Waals surface area contributed by atoms with Gasteiger partial charge in [-0.1, -0.05) is 6.07 Å². The number of imidazole rings is 2. The van der Waals surface area contributed by atoms with E-state index in [1.807, 2.05) is 35.3 Å². The van der Waals surface area contributed by atoms with E-state index in [2.05, 4.69) is 55.7 Å². The van der Waals surface area contributed by atoms with Crippen LogP contribution >= 0.6 is 22.6 Å².